The lowest BCUT2D eigenvalue weighted by molar-refractivity contribution is 0.0949. The zero-order valence-corrected chi connectivity index (χ0v) is 17.6. The van der Waals surface area contributed by atoms with Gasteiger partial charge in [-0.3, -0.25) is 4.79 Å². The summed E-state index contributed by atoms with van der Waals surface area (Å²) in [5.74, 6) is 0.117. The molecule has 0 aliphatic heterocycles. The van der Waals surface area contributed by atoms with Gasteiger partial charge in [-0.2, -0.15) is 10.2 Å². The quantitative estimate of drug-likeness (QED) is 0.342. The SMILES string of the molecule is CC(C)c1ccc(C=NNC(=O)c2cc(-c3ccccc3)n(-c3ccccc3)n2)cc1. The molecule has 0 saturated carbocycles. The molecule has 1 amide bonds. The normalized spacial score (nSPS) is 11.2. The highest BCUT2D eigenvalue weighted by molar-refractivity contribution is 5.94. The number of hydrogen-bond acceptors (Lipinski definition) is 3. The maximum absolute atomic E-state index is 12.7. The van der Waals surface area contributed by atoms with Gasteiger partial charge >= 0.3 is 0 Å². The molecule has 0 radical (unpaired) electrons. The molecule has 1 N–H and O–H groups in total. The Hall–Kier alpha value is -3.99. The molecule has 5 heteroatoms. The predicted molar refractivity (Wildman–Crippen MR) is 125 cm³/mol. The second-order valence-electron chi connectivity index (χ2n) is 7.55. The zero-order chi connectivity index (χ0) is 21.6. The summed E-state index contributed by atoms with van der Waals surface area (Å²) in [6.45, 7) is 4.31. The van der Waals surface area contributed by atoms with Gasteiger partial charge in [0.25, 0.3) is 5.91 Å². The number of nitrogens with zero attached hydrogens (tertiary/aromatic N) is 3. The van der Waals surface area contributed by atoms with Crippen molar-refractivity contribution in [2.75, 3.05) is 0 Å². The van der Waals surface area contributed by atoms with E-state index in [2.05, 4.69) is 41.6 Å². The average molecular weight is 409 g/mol. The Morgan fingerprint density at radius 2 is 1.58 bits per heavy atom. The van der Waals surface area contributed by atoms with Gasteiger partial charge < -0.3 is 0 Å². The van der Waals surface area contributed by atoms with Crippen molar-refractivity contribution in [2.45, 2.75) is 19.8 Å². The molecule has 0 aliphatic carbocycles. The first-order chi connectivity index (χ1) is 15.1. The van der Waals surface area contributed by atoms with E-state index in [1.165, 1.54) is 5.56 Å². The molecule has 154 valence electrons. The average Bonchev–Trinajstić information content (AvgIpc) is 3.26. The van der Waals surface area contributed by atoms with Crippen molar-refractivity contribution >= 4 is 12.1 Å². The van der Waals surface area contributed by atoms with Crippen molar-refractivity contribution in [1.29, 1.82) is 0 Å². The Morgan fingerprint density at radius 3 is 2.23 bits per heavy atom. The van der Waals surface area contributed by atoms with Crippen LogP contribution in [0.5, 0.6) is 0 Å². The fourth-order valence-corrected chi connectivity index (χ4v) is 3.26. The summed E-state index contributed by atoms with van der Waals surface area (Å²) in [5.41, 5.74) is 7.77. The molecule has 0 saturated heterocycles. The van der Waals surface area contributed by atoms with E-state index in [4.69, 9.17) is 0 Å². The molecule has 3 aromatic carbocycles. The second kappa shape index (κ2) is 9.22. The highest BCUT2D eigenvalue weighted by atomic mass is 16.2. The van der Waals surface area contributed by atoms with Crippen LogP contribution in [0.2, 0.25) is 0 Å². The van der Waals surface area contributed by atoms with Gasteiger partial charge in [0.05, 0.1) is 17.6 Å². The summed E-state index contributed by atoms with van der Waals surface area (Å²) in [7, 11) is 0. The first-order valence-electron chi connectivity index (χ1n) is 10.3. The number of carbonyl (C=O) groups excluding carboxylic acids is 1. The molecule has 1 aromatic heterocycles. The lowest BCUT2D eigenvalue weighted by Crippen LogP contribution is -2.18. The summed E-state index contributed by atoms with van der Waals surface area (Å²) in [5, 5.41) is 8.65. The Kier molecular flexibility index (Phi) is 6.03. The van der Waals surface area contributed by atoms with E-state index in [1.807, 2.05) is 72.8 Å². The van der Waals surface area contributed by atoms with Crippen LogP contribution in [0, 0.1) is 0 Å². The van der Waals surface area contributed by atoms with Crippen LogP contribution in [0.25, 0.3) is 16.9 Å². The molecule has 4 aromatic rings. The number of para-hydroxylation sites is 1. The molecule has 4 rings (SSSR count). The predicted octanol–water partition coefficient (Wildman–Crippen LogP) is 5.43. The Morgan fingerprint density at radius 1 is 0.935 bits per heavy atom. The number of amides is 1. The molecule has 0 fully saturated rings. The van der Waals surface area contributed by atoms with Crippen molar-refractivity contribution < 1.29 is 4.79 Å². The molecule has 0 aliphatic rings. The van der Waals surface area contributed by atoms with Crippen molar-refractivity contribution in [3.8, 4) is 16.9 Å². The highest BCUT2D eigenvalue weighted by Crippen LogP contribution is 2.24. The topological polar surface area (TPSA) is 59.3 Å². The summed E-state index contributed by atoms with van der Waals surface area (Å²) < 4.78 is 1.78. The van der Waals surface area contributed by atoms with Crippen LogP contribution in [0.3, 0.4) is 0 Å². The van der Waals surface area contributed by atoms with Gasteiger partial charge in [0.1, 0.15) is 0 Å². The Balaban J connectivity index is 1.56. The lowest BCUT2D eigenvalue weighted by Gasteiger charge is -2.07. The van der Waals surface area contributed by atoms with Crippen LogP contribution in [0.4, 0.5) is 0 Å². The fraction of sp³-hybridized carbons (Fsp3) is 0.115. The first-order valence-corrected chi connectivity index (χ1v) is 10.3. The Bertz CT molecular complexity index is 1120. The summed E-state index contributed by atoms with van der Waals surface area (Å²) in [6.07, 6.45) is 1.63. The van der Waals surface area contributed by atoms with E-state index in [0.29, 0.717) is 11.6 Å². The van der Waals surface area contributed by atoms with Gasteiger partial charge in [0.15, 0.2) is 5.69 Å². The van der Waals surface area contributed by atoms with E-state index in [9.17, 15) is 4.79 Å². The number of carbonyl (C=O) groups is 1. The maximum atomic E-state index is 12.7. The van der Waals surface area contributed by atoms with E-state index in [0.717, 1.165) is 22.5 Å². The van der Waals surface area contributed by atoms with Crippen LogP contribution in [0.1, 0.15) is 41.4 Å². The monoisotopic (exact) mass is 408 g/mol. The van der Waals surface area contributed by atoms with Crippen LogP contribution in [0.15, 0.2) is 96.1 Å². The second-order valence-corrected chi connectivity index (χ2v) is 7.55. The third kappa shape index (κ3) is 4.78. The van der Waals surface area contributed by atoms with Gasteiger partial charge in [-0.25, -0.2) is 10.1 Å². The van der Waals surface area contributed by atoms with Crippen LogP contribution >= 0.6 is 0 Å². The third-order valence-electron chi connectivity index (χ3n) is 5.00. The Labute approximate surface area is 182 Å². The van der Waals surface area contributed by atoms with Gasteiger partial charge in [-0.1, -0.05) is 86.6 Å². The maximum Gasteiger partial charge on any atom is 0.291 e. The number of benzene rings is 3. The molecule has 0 atom stereocenters. The zero-order valence-electron chi connectivity index (χ0n) is 17.6. The molecule has 1 heterocycles. The van der Waals surface area contributed by atoms with E-state index in [-0.39, 0.29) is 5.91 Å². The number of hydrazone groups is 1. The minimum atomic E-state index is -0.359. The summed E-state index contributed by atoms with van der Waals surface area (Å²) in [4.78, 5) is 12.7. The van der Waals surface area contributed by atoms with Crippen molar-refractivity contribution in [2.24, 2.45) is 5.10 Å². The first kappa shape index (κ1) is 20.3. The van der Waals surface area contributed by atoms with Gasteiger partial charge in [0, 0.05) is 5.56 Å². The molecule has 5 nitrogen and oxygen atoms in total. The number of hydrogen-bond donors (Lipinski definition) is 1. The third-order valence-corrected chi connectivity index (χ3v) is 5.00. The number of nitrogens with one attached hydrogen (secondary N) is 1. The lowest BCUT2D eigenvalue weighted by atomic mass is 10.0. The molecule has 0 unspecified atom stereocenters. The summed E-state index contributed by atoms with van der Waals surface area (Å²) >= 11 is 0. The molecule has 0 bridgehead atoms. The van der Waals surface area contributed by atoms with Gasteiger partial charge in [-0.05, 0) is 35.2 Å². The molecule has 0 spiro atoms. The molecular weight excluding hydrogens is 384 g/mol. The smallest absolute Gasteiger partial charge is 0.265 e. The van der Waals surface area contributed by atoms with Gasteiger partial charge in [0.2, 0.25) is 0 Å². The van der Waals surface area contributed by atoms with Crippen molar-refractivity contribution in [3.63, 3.8) is 0 Å². The fourth-order valence-electron chi connectivity index (χ4n) is 3.26. The largest absolute Gasteiger partial charge is 0.291 e. The van der Waals surface area contributed by atoms with Crippen molar-refractivity contribution in [3.05, 3.63) is 108 Å². The molecular formula is C26H24N4O. The van der Waals surface area contributed by atoms with Crippen LogP contribution in [-0.2, 0) is 0 Å². The van der Waals surface area contributed by atoms with Crippen LogP contribution < -0.4 is 5.43 Å². The minimum absolute atomic E-state index is 0.301. The van der Waals surface area contributed by atoms with Crippen molar-refractivity contribution in [1.82, 2.24) is 15.2 Å². The number of rotatable bonds is 6. The standard InChI is InChI=1S/C26H24N4O/c1-19(2)21-15-13-20(14-16-21)18-27-28-26(31)24-17-25(22-9-5-3-6-10-22)30(29-24)23-11-7-4-8-12-23/h3-19H,1-2H3,(H,28,31). The van der Waals surface area contributed by atoms with E-state index >= 15 is 0 Å². The number of aromatic nitrogens is 2. The highest BCUT2D eigenvalue weighted by Gasteiger charge is 2.16. The van der Waals surface area contributed by atoms with Crippen LogP contribution in [-0.4, -0.2) is 21.9 Å². The van der Waals surface area contributed by atoms with Gasteiger partial charge in [-0.15, -0.1) is 0 Å². The van der Waals surface area contributed by atoms with E-state index in [1.54, 1.807) is 17.0 Å². The van der Waals surface area contributed by atoms with E-state index < -0.39 is 0 Å². The molecule has 31 heavy (non-hydrogen) atoms. The summed E-state index contributed by atoms with van der Waals surface area (Å²) in [6, 6.07) is 29.5. The minimum Gasteiger partial charge on any atom is -0.265 e.